The third-order valence-corrected chi connectivity index (χ3v) is 3.70. The van der Waals surface area contributed by atoms with Crippen molar-refractivity contribution in [2.75, 3.05) is 12.8 Å². The monoisotopic (exact) mass is 283 g/mol. The standard InChI is InChI=1S/C13H17NO4S/c1-10(13(15)16)7-8-14-9-11-3-5-12(6-4-11)19(2,17)18/h3-7,14H,8-9H2,1-2H3,(H,15,16)/b10-7-. The minimum absolute atomic E-state index is 0.290. The lowest BCUT2D eigenvalue weighted by Gasteiger charge is -2.04. The van der Waals surface area contributed by atoms with Crippen molar-refractivity contribution in [3.63, 3.8) is 0 Å². The van der Waals surface area contributed by atoms with Gasteiger partial charge in [0.2, 0.25) is 0 Å². The third kappa shape index (κ3) is 5.23. The maximum absolute atomic E-state index is 11.3. The Balaban J connectivity index is 2.52. The summed E-state index contributed by atoms with van der Waals surface area (Å²) in [6, 6.07) is 6.59. The van der Waals surface area contributed by atoms with E-state index in [0.717, 1.165) is 5.56 Å². The van der Waals surface area contributed by atoms with Crippen LogP contribution < -0.4 is 5.32 Å². The van der Waals surface area contributed by atoms with Crippen molar-refractivity contribution in [1.29, 1.82) is 0 Å². The Kier molecular flexibility index (Phi) is 5.26. The molecule has 0 saturated carbocycles. The zero-order valence-electron chi connectivity index (χ0n) is 10.9. The Hall–Kier alpha value is -1.66. The van der Waals surface area contributed by atoms with E-state index < -0.39 is 15.8 Å². The molecule has 19 heavy (non-hydrogen) atoms. The lowest BCUT2D eigenvalue weighted by molar-refractivity contribution is -0.132. The van der Waals surface area contributed by atoms with E-state index in [2.05, 4.69) is 5.32 Å². The van der Waals surface area contributed by atoms with E-state index >= 15 is 0 Å². The number of nitrogens with one attached hydrogen (secondary N) is 1. The number of hydrogen-bond acceptors (Lipinski definition) is 4. The van der Waals surface area contributed by atoms with E-state index in [1.165, 1.54) is 13.2 Å². The van der Waals surface area contributed by atoms with E-state index in [4.69, 9.17) is 5.11 Å². The second-order valence-electron chi connectivity index (χ2n) is 4.24. The van der Waals surface area contributed by atoms with E-state index in [0.29, 0.717) is 18.7 Å². The minimum Gasteiger partial charge on any atom is -0.478 e. The van der Waals surface area contributed by atoms with Crippen LogP contribution in [0.3, 0.4) is 0 Å². The maximum atomic E-state index is 11.3. The molecule has 0 aliphatic rings. The van der Waals surface area contributed by atoms with Gasteiger partial charge in [-0.2, -0.15) is 0 Å². The summed E-state index contributed by atoms with van der Waals surface area (Å²) >= 11 is 0. The van der Waals surface area contributed by atoms with E-state index in [1.54, 1.807) is 30.3 Å². The first-order valence-corrected chi connectivity index (χ1v) is 7.59. The predicted molar refractivity (Wildman–Crippen MR) is 72.7 cm³/mol. The first kappa shape index (κ1) is 15.4. The second-order valence-corrected chi connectivity index (χ2v) is 6.26. The molecule has 1 aromatic carbocycles. The Morgan fingerprint density at radius 2 is 1.89 bits per heavy atom. The SMILES string of the molecule is C/C(=C/CNCc1ccc(S(C)(=O)=O)cc1)C(=O)O. The number of hydrogen-bond donors (Lipinski definition) is 2. The lowest BCUT2D eigenvalue weighted by atomic mass is 10.2. The van der Waals surface area contributed by atoms with Gasteiger partial charge in [-0.15, -0.1) is 0 Å². The van der Waals surface area contributed by atoms with Gasteiger partial charge in [0.25, 0.3) is 0 Å². The van der Waals surface area contributed by atoms with Crippen LogP contribution in [0.4, 0.5) is 0 Å². The fourth-order valence-corrected chi connectivity index (χ4v) is 2.01. The minimum atomic E-state index is -3.16. The summed E-state index contributed by atoms with van der Waals surface area (Å²) in [6.45, 7) is 2.53. The van der Waals surface area contributed by atoms with Crippen molar-refractivity contribution in [2.24, 2.45) is 0 Å². The van der Waals surface area contributed by atoms with Crippen LogP contribution >= 0.6 is 0 Å². The lowest BCUT2D eigenvalue weighted by Crippen LogP contribution is -2.14. The van der Waals surface area contributed by atoms with E-state index in [9.17, 15) is 13.2 Å². The number of carbonyl (C=O) groups is 1. The van der Waals surface area contributed by atoms with Crippen molar-refractivity contribution in [2.45, 2.75) is 18.4 Å². The molecule has 0 radical (unpaired) electrons. The normalized spacial score (nSPS) is 12.4. The van der Waals surface area contributed by atoms with Crippen LogP contribution in [0.1, 0.15) is 12.5 Å². The molecule has 0 aliphatic carbocycles. The Morgan fingerprint density at radius 3 is 2.37 bits per heavy atom. The molecule has 6 heteroatoms. The number of aliphatic carboxylic acids is 1. The fourth-order valence-electron chi connectivity index (χ4n) is 1.38. The molecular weight excluding hydrogens is 266 g/mol. The molecule has 104 valence electrons. The van der Waals surface area contributed by atoms with Crippen LogP contribution in [0, 0.1) is 0 Å². The summed E-state index contributed by atoms with van der Waals surface area (Å²) in [5.41, 5.74) is 1.23. The van der Waals surface area contributed by atoms with Crippen LogP contribution in [0.15, 0.2) is 40.8 Å². The van der Waals surface area contributed by atoms with Crippen LogP contribution in [-0.4, -0.2) is 32.3 Å². The number of carboxylic acid groups (broad SMARTS) is 1. The number of rotatable bonds is 6. The Labute approximate surface area is 112 Å². The maximum Gasteiger partial charge on any atom is 0.330 e. The highest BCUT2D eigenvalue weighted by Crippen LogP contribution is 2.10. The van der Waals surface area contributed by atoms with Gasteiger partial charge in [-0.1, -0.05) is 18.2 Å². The molecule has 0 bridgehead atoms. The van der Waals surface area contributed by atoms with Crippen molar-refractivity contribution in [3.05, 3.63) is 41.5 Å². The first-order valence-electron chi connectivity index (χ1n) is 5.70. The summed E-state index contributed by atoms with van der Waals surface area (Å²) in [7, 11) is -3.16. The van der Waals surface area contributed by atoms with E-state index in [1.807, 2.05) is 0 Å². The molecule has 0 unspecified atom stereocenters. The molecule has 0 amide bonds. The largest absolute Gasteiger partial charge is 0.478 e. The molecule has 0 saturated heterocycles. The molecule has 1 aromatic rings. The van der Waals surface area contributed by atoms with Crippen molar-refractivity contribution >= 4 is 15.8 Å². The van der Waals surface area contributed by atoms with Crippen LogP contribution in [0.25, 0.3) is 0 Å². The highest BCUT2D eigenvalue weighted by Gasteiger charge is 2.05. The summed E-state index contributed by atoms with van der Waals surface area (Å²) in [5, 5.41) is 11.7. The first-order chi connectivity index (χ1) is 8.80. The molecule has 0 spiro atoms. The molecule has 5 nitrogen and oxygen atoms in total. The van der Waals surface area contributed by atoms with E-state index in [-0.39, 0.29) is 4.90 Å². The molecular formula is C13H17NO4S. The van der Waals surface area contributed by atoms with Crippen LogP contribution in [0.5, 0.6) is 0 Å². The Bertz CT molecular complexity index is 573. The van der Waals surface area contributed by atoms with Gasteiger partial charge < -0.3 is 10.4 Å². The zero-order valence-corrected chi connectivity index (χ0v) is 11.7. The summed E-state index contributed by atoms with van der Waals surface area (Å²) in [6.07, 6.45) is 2.76. The average Bonchev–Trinajstić information content (AvgIpc) is 2.33. The second kappa shape index (κ2) is 6.49. The third-order valence-electron chi connectivity index (χ3n) is 2.57. The topological polar surface area (TPSA) is 83.5 Å². The molecule has 0 aliphatic heterocycles. The van der Waals surface area contributed by atoms with Gasteiger partial charge in [-0.05, 0) is 24.6 Å². The molecule has 2 N–H and O–H groups in total. The van der Waals surface area contributed by atoms with Gasteiger partial charge in [0, 0.05) is 24.9 Å². The smallest absolute Gasteiger partial charge is 0.330 e. The van der Waals surface area contributed by atoms with Gasteiger partial charge in [0.05, 0.1) is 4.90 Å². The Morgan fingerprint density at radius 1 is 1.32 bits per heavy atom. The molecule has 0 atom stereocenters. The molecule has 0 aromatic heterocycles. The van der Waals surface area contributed by atoms with Crippen molar-refractivity contribution in [1.82, 2.24) is 5.32 Å². The van der Waals surface area contributed by atoms with Gasteiger partial charge in [0.15, 0.2) is 9.84 Å². The van der Waals surface area contributed by atoms with Gasteiger partial charge >= 0.3 is 5.97 Å². The molecule has 0 fully saturated rings. The summed E-state index contributed by atoms with van der Waals surface area (Å²) < 4.78 is 22.5. The molecule has 0 heterocycles. The quantitative estimate of drug-likeness (QED) is 0.605. The highest BCUT2D eigenvalue weighted by molar-refractivity contribution is 7.90. The number of sulfone groups is 1. The highest BCUT2D eigenvalue weighted by atomic mass is 32.2. The molecule has 1 rings (SSSR count). The zero-order chi connectivity index (χ0) is 14.5. The average molecular weight is 283 g/mol. The van der Waals surface area contributed by atoms with Gasteiger partial charge in [-0.25, -0.2) is 13.2 Å². The summed E-state index contributed by atoms with van der Waals surface area (Å²) in [4.78, 5) is 10.8. The van der Waals surface area contributed by atoms with Crippen LogP contribution in [0.2, 0.25) is 0 Å². The number of benzene rings is 1. The van der Waals surface area contributed by atoms with Gasteiger partial charge in [-0.3, -0.25) is 0 Å². The van der Waals surface area contributed by atoms with Crippen molar-refractivity contribution in [3.8, 4) is 0 Å². The van der Waals surface area contributed by atoms with Gasteiger partial charge in [0.1, 0.15) is 0 Å². The van der Waals surface area contributed by atoms with Crippen LogP contribution in [-0.2, 0) is 21.2 Å². The fraction of sp³-hybridized carbons (Fsp3) is 0.308. The number of carboxylic acids is 1. The summed E-state index contributed by atoms with van der Waals surface area (Å²) in [5.74, 6) is -0.931. The van der Waals surface area contributed by atoms with Crippen molar-refractivity contribution < 1.29 is 18.3 Å². The predicted octanol–water partition coefficient (Wildman–Crippen LogP) is 1.21.